The number of alkyl halides is 9. The Bertz CT molecular complexity index is 1240. The number of ether oxygens (including phenoxy) is 2. The van der Waals surface area contributed by atoms with Crippen molar-refractivity contribution < 1.29 is 58.6 Å². The number of halogens is 9. The Morgan fingerprint density at radius 1 is 0.805 bits per heavy atom. The van der Waals surface area contributed by atoms with Gasteiger partial charge in [-0.1, -0.05) is 6.92 Å². The number of anilines is 1. The Labute approximate surface area is 229 Å². The maximum absolute atomic E-state index is 13.7. The molecule has 3 rings (SSSR count). The minimum Gasteiger partial charge on any atom is -0.466 e. The SMILES string of the molecule is CCOC(=O)C(c1cc(C(F)(F)F)cc(C(F)(F)F)c1)C1C[C@H](CC)N(C(=O)OCC)c2ccc(C(F)(F)F)cc21. The first kappa shape index (κ1) is 32.1. The fourth-order valence-electron chi connectivity index (χ4n) is 5.00. The van der Waals surface area contributed by atoms with Crippen molar-refractivity contribution in [1.82, 2.24) is 0 Å². The molecule has 0 radical (unpaired) electrons. The second-order valence-corrected chi connectivity index (χ2v) is 9.31. The fourth-order valence-corrected chi connectivity index (χ4v) is 5.00. The van der Waals surface area contributed by atoms with Gasteiger partial charge in [-0.3, -0.25) is 9.69 Å². The number of rotatable bonds is 6. The monoisotopic (exact) mass is 599 g/mol. The topological polar surface area (TPSA) is 55.8 Å². The van der Waals surface area contributed by atoms with Crippen LogP contribution in [0.3, 0.4) is 0 Å². The van der Waals surface area contributed by atoms with Crippen molar-refractivity contribution in [2.24, 2.45) is 0 Å². The maximum atomic E-state index is 13.7. The highest BCUT2D eigenvalue weighted by molar-refractivity contribution is 5.91. The highest BCUT2D eigenvalue weighted by Crippen LogP contribution is 2.50. The predicted molar refractivity (Wildman–Crippen MR) is 128 cm³/mol. The number of amides is 1. The number of esters is 1. The largest absolute Gasteiger partial charge is 0.466 e. The van der Waals surface area contributed by atoms with E-state index in [9.17, 15) is 49.1 Å². The first-order chi connectivity index (χ1) is 18.9. The summed E-state index contributed by atoms with van der Waals surface area (Å²) in [6, 6.07) is 2.09. The number of hydrogen-bond acceptors (Lipinski definition) is 4. The van der Waals surface area contributed by atoms with E-state index in [4.69, 9.17) is 9.47 Å². The molecule has 0 N–H and O–H groups in total. The number of nitrogens with zero attached hydrogens (tertiary/aromatic N) is 1. The van der Waals surface area contributed by atoms with E-state index in [0.717, 1.165) is 11.0 Å². The van der Waals surface area contributed by atoms with Gasteiger partial charge in [-0.2, -0.15) is 39.5 Å². The minimum absolute atomic E-state index is 0.0823. The number of carbonyl (C=O) groups excluding carboxylic acids is 2. The molecule has 0 aliphatic carbocycles. The molecule has 0 fully saturated rings. The summed E-state index contributed by atoms with van der Waals surface area (Å²) in [6.07, 6.45) is -16.4. The molecule has 0 spiro atoms. The lowest BCUT2D eigenvalue weighted by Gasteiger charge is -2.42. The van der Waals surface area contributed by atoms with Crippen LogP contribution >= 0.6 is 0 Å². The van der Waals surface area contributed by atoms with Gasteiger partial charge in [0, 0.05) is 12.0 Å². The first-order valence-electron chi connectivity index (χ1n) is 12.6. The van der Waals surface area contributed by atoms with E-state index in [-0.39, 0.29) is 43.4 Å². The molecule has 1 aliphatic rings. The van der Waals surface area contributed by atoms with Gasteiger partial charge in [0.25, 0.3) is 0 Å². The van der Waals surface area contributed by atoms with Gasteiger partial charge < -0.3 is 9.47 Å². The molecule has 41 heavy (non-hydrogen) atoms. The molecule has 0 bridgehead atoms. The lowest BCUT2D eigenvalue weighted by molar-refractivity contribution is -0.147. The van der Waals surface area contributed by atoms with E-state index >= 15 is 0 Å². The van der Waals surface area contributed by atoms with Gasteiger partial charge in [0.2, 0.25) is 0 Å². The lowest BCUT2D eigenvalue weighted by Crippen LogP contribution is -2.46. The average molecular weight is 599 g/mol. The summed E-state index contributed by atoms with van der Waals surface area (Å²) in [5.41, 5.74) is -5.71. The molecule has 1 amide bonds. The van der Waals surface area contributed by atoms with Gasteiger partial charge in [-0.05, 0) is 74.2 Å². The standard InChI is InChI=1S/C27H26F9NO4/c1-4-18-13-20(19-12-15(25(28,29)30)7-8-21(19)37(18)24(39)41-6-3)22(23(38)40-5-2)14-9-16(26(31,32)33)11-17(10-14)27(34,35)36/h7-12,18,20,22H,4-6,13H2,1-3H3/t18-,20?,22?/m0/s1. The Kier molecular flexibility index (Phi) is 9.23. The quantitative estimate of drug-likeness (QED) is 0.248. The molecule has 0 saturated heterocycles. The van der Waals surface area contributed by atoms with Crippen LogP contribution < -0.4 is 4.90 Å². The van der Waals surface area contributed by atoms with Gasteiger partial charge in [-0.15, -0.1) is 0 Å². The summed E-state index contributed by atoms with van der Waals surface area (Å²) in [4.78, 5) is 27.2. The smallest absolute Gasteiger partial charge is 0.416 e. The summed E-state index contributed by atoms with van der Waals surface area (Å²) >= 11 is 0. The minimum atomic E-state index is -5.24. The van der Waals surface area contributed by atoms with Crippen LogP contribution in [0.25, 0.3) is 0 Å². The molecular weight excluding hydrogens is 573 g/mol. The molecule has 0 aromatic heterocycles. The molecular formula is C27H26F9NO4. The molecule has 14 heteroatoms. The van der Waals surface area contributed by atoms with Crippen LogP contribution in [0.15, 0.2) is 36.4 Å². The van der Waals surface area contributed by atoms with Gasteiger partial charge >= 0.3 is 30.6 Å². The summed E-state index contributed by atoms with van der Waals surface area (Å²) in [6.45, 7) is 4.09. The van der Waals surface area contributed by atoms with E-state index in [2.05, 4.69) is 0 Å². The zero-order chi connectivity index (χ0) is 30.9. The third-order valence-corrected chi connectivity index (χ3v) is 6.75. The Hall–Kier alpha value is -3.45. The molecule has 2 aromatic rings. The summed E-state index contributed by atoms with van der Waals surface area (Å²) in [5, 5.41) is 0. The summed E-state index contributed by atoms with van der Waals surface area (Å²) < 4.78 is 133. The van der Waals surface area contributed by atoms with Crippen molar-refractivity contribution >= 4 is 17.7 Å². The Balaban J connectivity index is 2.37. The number of carbonyl (C=O) groups is 2. The number of hydrogen-bond donors (Lipinski definition) is 0. The highest BCUT2D eigenvalue weighted by atomic mass is 19.4. The lowest BCUT2D eigenvalue weighted by atomic mass is 9.73. The van der Waals surface area contributed by atoms with Gasteiger partial charge in [0.1, 0.15) is 0 Å². The normalized spacial score (nSPS) is 18.5. The molecule has 1 aliphatic heterocycles. The second-order valence-electron chi connectivity index (χ2n) is 9.31. The van der Waals surface area contributed by atoms with E-state index in [1.165, 1.54) is 13.8 Å². The van der Waals surface area contributed by atoms with E-state index in [1.54, 1.807) is 6.92 Å². The van der Waals surface area contributed by atoms with Crippen LogP contribution in [0.4, 0.5) is 50.0 Å². The predicted octanol–water partition coefficient (Wildman–Crippen LogP) is 8.32. The molecule has 2 aromatic carbocycles. The van der Waals surface area contributed by atoms with Gasteiger partial charge in [0.05, 0.1) is 41.5 Å². The van der Waals surface area contributed by atoms with Crippen molar-refractivity contribution in [2.75, 3.05) is 18.1 Å². The van der Waals surface area contributed by atoms with Crippen molar-refractivity contribution in [1.29, 1.82) is 0 Å². The van der Waals surface area contributed by atoms with E-state index < -0.39 is 70.7 Å². The molecule has 1 heterocycles. The average Bonchev–Trinajstić information content (AvgIpc) is 2.86. The third kappa shape index (κ3) is 6.89. The zero-order valence-electron chi connectivity index (χ0n) is 22.0. The molecule has 3 atom stereocenters. The summed E-state index contributed by atoms with van der Waals surface area (Å²) in [7, 11) is 0. The van der Waals surface area contributed by atoms with Gasteiger partial charge in [-0.25, -0.2) is 4.79 Å². The van der Waals surface area contributed by atoms with E-state index in [1.807, 2.05) is 0 Å². The second kappa shape index (κ2) is 11.8. The van der Waals surface area contributed by atoms with Crippen molar-refractivity contribution in [3.63, 3.8) is 0 Å². The zero-order valence-corrected chi connectivity index (χ0v) is 22.0. The number of benzene rings is 2. The van der Waals surface area contributed by atoms with Crippen LogP contribution in [0.5, 0.6) is 0 Å². The first-order valence-corrected chi connectivity index (χ1v) is 12.6. The van der Waals surface area contributed by atoms with Crippen LogP contribution in [-0.2, 0) is 32.8 Å². The summed E-state index contributed by atoms with van der Waals surface area (Å²) in [5.74, 6) is -4.50. The van der Waals surface area contributed by atoms with E-state index in [0.29, 0.717) is 24.3 Å². The van der Waals surface area contributed by atoms with Crippen molar-refractivity contribution in [3.05, 3.63) is 64.2 Å². The van der Waals surface area contributed by atoms with Crippen LogP contribution in [0.1, 0.15) is 73.3 Å². The molecule has 0 saturated carbocycles. The van der Waals surface area contributed by atoms with Crippen LogP contribution in [-0.4, -0.2) is 31.3 Å². The van der Waals surface area contributed by atoms with Gasteiger partial charge in [0.15, 0.2) is 0 Å². The Morgan fingerprint density at radius 2 is 1.34 bits per heavy atom. The highest BCUT2D eigenvalue weighted by Gasteiger charge is 2.46. The maximum Gasteiger partial charge on any atom is 0.416 e. The van der Waals surface area contributed by atoms with Crippen LogP contribution in [0.2, 0.25) is 0 Å². The van der Waals surface area contributed by atoms with Crippen LogP contribution in [0, 0.1) is 0 Å². The third-order valence-electron chi connectivity index (χ3n) is 6.75. The molecule has 2 unspecified atom stereocenters. The number of fused-ring (bicyclic) bond motifs is 1. The molecule has 226 valence electrons. The van der Waals surface area contributed by atoms with Crippen molar-refractivity contribution in [3.8, 4) is 0 Å². The Morgan fingerprint density at radius 3 is 1.80 bits per heavy atom. The fraction of sp³-hybridized carbons (Fsp3) is 0.481. The molecule has 5 nitrogen and oxygen atoms in total. The van der Waals surface area contributed by atoms with Crippen molar-refractivity contribution in [2.45, 2.75) is 70.0 Å².